The normalized spacial score (nSPS) is 12.4. The molecule has 112 valence electrons. The van der Waals surface area contributed by atoms with Gasteiger partial charge in [-0.25, -0.2) is 0 Å². The first-order valence-electron chi connectivity index (χ1n) is 6.58. The van der Waals surface area contributed by atoms with Gasteiger partial charge in [0.1, 0.15) is 0 Å². The van der Waals surface area contributed by atoms with Gasteiger partial charge < -0.3 is 5.32 Å². The first-order valence-corrected chi connectivity index (χ1v) is 9.11. The van der Waals surface area contributed by atoms with E-state index in [-0.39, 0.29) is 0 Å². The van der Waals surface area contributed by atoms with Crippen molar-refractivity contribution in [3.8, 4) is 0 Å². The monoisotopic (exact) mass is 403 g/mol. The summed E-state index contributed by atoms with van der Waals surface area (Å²) in [6.45, 7) is 0. The number of thioether (sulfide) groups is 1. The van der Waals surface area contributed by atoms with Crippen LogP contribution in [-0.2, 0) is 6.42 Å². The molecule has 0 spiro atoms. The molecule has 0 aliphatic rings. The van der Waals surface area contributed by atoms with Crippen LogP contribution in [0.5, 0.6) is 0 Å². The summed E-state index contributed by atoms with van der Waals surface area (Å²) in [5.41, 5.74) is 1.08. The summed E-state index contributed by atoms with van der Waals surface area (Å²) in [5.74, 6) is 0.973. The molecular weight excluding hydrogens is 389 g/mol. The molecule has 0 aliphatic carbocycles. The summed E-state index contributed by atoms with van der Waals surface area (Å²) in [4.78, 5) is 1.26. The Morgan fingerprint density at radius 2 is 1.86 bits per heavy atom. The Morgan fingerprint density at radius 1 is 1.14 bits per heavy atom. The van der Waals surface area contributed by atoms with Crippen LogP contribution in [0.1, 0.15) is 5.56 Å². The smallest absolute Gasteiger partial charge is 0.0439 e. The van der Waals surface area contributed by atoms with E-state index >= 15 is 0 Å². The maximum absolute atomic E-state index is 6.23. The van der Waals surface area contributed by atoms with E-state index in [2.05, 4.69) is 45.5 Å². The minimum atomic E-state index is 0.342. The zero-order valence-electron chi connectivity index (χ0n) is 11.6. The lowest BCUT2D eigenvalue weighted by Gasteiger charge is -2.17. The molecule has 2 aromatic carbocycles. The highest BCUT2D eigenvalue weighted by molar-refractivity contribution is 9.10. The number of halogens is 3. The number of rotatable bonds is 6. The van der Waals surface area contributed by atoms with Gasteiger partial charge >= 0.3 is 0 Å². The zero-order chi connectivity index (χ0) is 15.2. The van der Waals surface area contributed by atoms with E-state index in [9.17, 15) is 0 Å². The van der Waals surface area contributed by atoms with Gasteiger partial charge in [0.15, 0.2) is 0 Å². The number of hydrogen-bond donors (Lipinski definition) is 1. The maximum atomic E-state index is 6.23. The van der Waals surface area contributed by atoms with Crippen LogP contribution in [0, 0.1) is 0 Å². The van der Waals surface area contributed by atoms with E-state index < -0.39 is 0 Å². The minimum absolute atomic E-state index is 0.342. The second-order valence-electron chi connectivity index (χ2n) is 4.69. The predicted molar refractivity (Wildman–Crippen MR) is 97.9 cm³/mol. The molecule has 0 heterocycles. The van der Waals surface area contributed by atoms with Crippen LogP contribution in [0.4, 0.5) is 0 Å². The van der Waals surface area contributed by atoms with Crippen LogP contribution in [-0.4, -0.2) is 18.8 Å². The van der Waals surface area contributed by atoms with Crippen LogP contribution in [0.3, 0.4) is 0 Å². The van der Waals surface area contributed by atoms with Gasteiger partial charge in [0.05, 0.1) is 0 Å². The average Bonchev–Trinajstić information content (AvgIpc) is 2.48. The molecule has 2 rings (SSSR count). The van der Waals surface area contributed by atoms with Gasteiger partial charge in [-0.2, -0.15) is 0 Å². The molecule has 1 atom stereocenters. The lowest BCUT2D eigenvalue weighted by molar-refractivity contribution is 0.617. The lowest BCUT2D eigenvalue weighted by Crippen LogP contribution is -2.30. The third kappa shape index (κ3) is 5.50. The van der Waals surface area contributed by atoms with Crippen LogP contribution in [0.2, 0.25) is 10.0 Å². The quantitative estimate of drug-likeness (QED) is 0.621. The molecule has 5 heteroatoms. The first kappa shape index (κ1) is 17.2. The Hall–Kier alpha value is -0.190. The Kier molecular flexibility index (Phi) is 6.90. The number of likely N-dealkylation sites (N-methyl/N-ethyl adjacent to an activating group) is 1. The molecule has 0 radical (unpaired) electrons. The second-order valence-corrected chi connectivity index (χ2v) is 7.54. The van der Waals surface area contributed by atoms with Crippen molar-refractivity contribution in [1.82, 2.24) is 5.32 Å². The van der Waals surface area contributed by atoms with Crippen LogP contribution in [0.25, 0.3) is 0 Å². The Bertz CT molecular complexity index is 589. The summed E-state index contributed by atoms with van der Waals surface area (Å²) in [6.07, 6.45) is 0.861. The predicted octanol–water partition coefficient (Wildman–Crippen LogP) is 5.68. The number of benzene rings is 2. The third-order valence-electron chi connectivity index (χ3n) is 3.15. The molecule has 1 N–H and O–H groups in total. The minimum Gasteiger partial charge on any atom is -0.316 e. The fourth-order valence-electron chi connectivity index (χ4n) is 1.94. The maximum Gasteiger partial charge on any atom is 0.0439 e. The van der Waals surface area contributed by atoms with Crippen molar-refractivity contribution in [2.24, 2.45) is 0 Å². The van der Waals surface area contributed by atoms with Crippen molar-refractivity contribution in [1.29, 1.82) is 0 Å². The van der Waals surface area contributed by atoms with Crippen LogP contribution in [0.15, 0.2) is 51.8 Å². The van der Waals surface area contributed by atoms with Crippen LogP contribution >= 0.6 is 50.9 Å². The van der Waals surface area contributed by atoms with Gasteiger partial charge in [-0.3, -0.25) is 0 Å². The van der Waals surface area contributed by atoms with E-state index in [1.54, 1.807) is 0 Å². The highest BCUT2D eigenvalue weighted by Crippen LogP contribution is 2.25. The van der Waals surface area contributed by atoms with E-state index in [0.717, 1.165) is 32.3 Å². The highest BCUT2D eigenvalue weighted by atomic mass is 79.9. The molecular formula is C16H16BrCl2NS. The van der Waals surface area contributed by atoms with Gasteiger partial charge in [0, 0.05) is 31.2 Å². The third-order valence-corrected chi connectivity index (χ3v) is 5.45. The standard InChI is InChI=1S/C16H16BrCl2NS/c1-20-14(9-11-8-13(18)4-7-16(11)19)10-21-15-5-2-12(17)3-6-15/h2-8,14,20H,9-10H2,1H3. The lowest BCUT2D eigenvalue weighted by atomic mass is 10.1. The van der Waals surface area contributed by atoms with Crippen LogP contribution < -0.4 is 5.32 Å². The van der Waals surface area contributed by atoms with E-state index in [4.69, 9.17) is 23.2 Å². The van der Waals surface area contributed by atoms with Gasteiger partial charge in [0.25, 0.3) is 0 Å². The molecule has 0 bridgehead atoms. The summed E-state index contributed by atoms with van der Waals surface area (Å²) in [7, 11) is 1.98. The molecule has 21 heavy (non-hydrogen) atoms. The molecule has 1 unspecified atom stereocenters. The largest absolute Gasteiger partial charge is 0.316 e. The van der Waals surface area contributed by atoms with Crippen molar-refractivity contribution in [3.63, 3.8) is 0 Å². The molecule has 1 nitrogen and oxygen atoms in total. The van der Waals surface area contributed by atoms with Crippen molar-refractivity contribution < 1.29 is 0 Å². The van der Waals surface area contributed by atoms with Crippen molar-refractivity contribution >= 4 is 50.9 Å². The Labute approximate surface area is 148 Å². The SMILES string of the molecule is CNC(CSc1ccc(Br)cc1)Cc1cc(Cl)ccc1Cl. The molecule has 0 fully saturated rings. The molecule has 0 aliphatic heterocycles. The molecule has 0 aromatic heterocycles. The molecule has 0 saturated heterocycles. The van der Waals surface area contributed by atoms with Gasteiger partial charge in [-0.05, 0) is 61.5 Å². The Balaban J connectivity index is 1.96. The topological polar surface area (TPSA) is 12.0 Å². The van der Waals surface area contributed by atoms with Gasteiger partial charge in [-0.15, -0.1) is 11.8 Å². The molecule has 0 amide bonds. The van der Waals surface area contributed by atoms with Crippen molar-refractivity contribution in [2.45, 2.75) is 17.4 Å². The summed E-state index contributed by atoms with van der Waals surface area (Å²) < 4.78 is 1.10. The van der Waals surface area contributed by atoms with E-state index in [1.807, 2.05) is 37.0 Å². The van der Waals surface area contributed by atoms with E-state index in [1.165, 1.54) is 4.90 Å². The summed E-state index contributed by atoms with van der Waals surface area (Å²) in [6, 6.07) is 14.3. The number of nitrogens with one attached hydrogen (secondary N) is 1. The summed E-state index contributed by atoms with van der Waals surface area (Å²) in [5, 5.41) is 4.85. The van der Waals surface area contributed by atoms with Gasteiger partial charge in [-0.1, -0.05) is 39.1 Å². The second kappa shape index (κ2) is 8.44. The molecule has 2 aromatic rings. The fraction of sp³-hybridized carbons (Fsp3) is 0.250. The first-order chi connectivity index (χ1) is 10.1. The van der Waals surface area contributed by atoms with Gasteiger partial charge in [0.2, 0.25) is 0 Å². The molecule has 0 saturated carbocycles. The fourth-order valence-corrected chi connectivity index (χ4v) is 3.60. The number of hydrogen-bond acceptors (Lipinski definition) is 2. The Morgan fingerprint density at radius 3 is 2.52 bits per heavy atom. The average molecular weight is 405 g/mol. The zero-order valence-corrected chi connectivity index (χ0v) is 15.5. The van der Waals surface area contributed by atoms with E-state index in [0.29, 0.717) is 6.04 Å². The summed E-state index contributed by atoms with van der Waals surface area (Å²) >= 11 is 17.6. The van der Waals surface area contributed by atoms with Crippen molar-refractivity contribution in [2.75, 3.05) is 12.8 Å². The van der Waals surface area contributed by atoms with Crippen molar-refractivity contribution in [3.05, 3.63) is 62.5 Å². The highest BCUT2D eigenvalue weighted by Gasteiger charge is 2.11.